The zero-order valence-electron chi connectivity index (χ0n) is 9.10. The molecule has 4 nitrogen and oxygen atoms in total. The van der Waals surface area contributed by atoms with Gasteiger partial charge in [0.2, 0.25) is 0 Å². The van der Waals surface area contributed by atoms with E-state index in [0.717, 1.165) is 18.0 Å². The SMILES string of the molecule is CN(C)c1ncc(C2(CN)CC(O)C2)s1. The predicted molar refractivity (Wildman–Crippen MR) is 62.4 cm³/mol. The minimum absolute atomic E-state index is 0.00859. The third-order valence-corrected chi connectivity index (χ3v) is 4.45. The minimum Gasteiger partial charge on any atom is -0.393 e. The van der Waals surface area contributed by atoms with Crippen LogP contribution in [-0.2, 0) is 5.41 Å². The average Bonchev–Trinajstić information content (AvgIpc) is 2.61. The normalized spacial score (nSPS) is 30.0. The van der Waals surface area contributed by atoms with E-state index in [0.29, 0.717) is 6.54 Å². The van der Waals surface area contributed by atoms with Crippen LogP contribution in [0.2, 0.25) is 0 Å². The summed E-state index contributed by atoms with van der Waals surface area (Å²) in [5, 5.41) is 10.4. The van der Waals surface area contributed by atoms with Crippen LogP contribution < -0.4 is 10.6 Å². The van der Waals surface area contributed by atoms with E-state index in [9.17, 15) is 5.11 Å². The number of anilines is 1. The summed E-state index contributed by atoms with van der Waals surface area (Å²) >= 11 is 1.67. The van der Waals surface area contributed by atoms with Gasteiger partial charge < -0.3 is 15.7 Å². The first kappa shape index (κ1) is 10.9. The lowest BCUT2D eigenvalue weighted by Crippen LogP contribution is -2.49. The summed E-state index contributed by atoms with van der Waals surface area (Å²) in [6.07, 6.45) is 3.27. The maximum Gasteiger partial charge on any atom is 0.184 e. The summed E-state index contributed by atoms with van der Waals surface area (Å²) in [4.78, 5) is 7.54. The maximum absolute atomic E-state index is 9.41. The van der Waals surface area contributed by atoms with Gasteiger partial charge in [-0.05, 0) is 12.8 Å². The number of hydrogen-bond acceptors (Lipinski definition) is 5. The van der Waals surface area contributed by atoms with Crippen LogP contribution in [0.1, 0.15) is 17.7 Å². The highest BCUT2D eigenvalue weighted by Crippen LogP contribution is 2.46. The molecular weight excluding hydrogens is 210 g/mol. The molecule has 0 amide bonds. The fourth-order valence-corrected chi connectivity index (χ4v) is 3.08. The predicted octanol–water partition coefficient (Wildman–Crippen LogP) is 0.560. The van der Waals surface area contributed by atoms with Crippen molar-refractivity contribution >= 4 is 16.5 Å². The third-order valence-electron chi connectivity index (χ3n) is 3.04. The molecule has 1 aliphatic carbocycles. The van der Waals surface area contributed by atoms with Crippen LogP contribution in [0.3, 0.4) is 0 Å². The average molecular weight is 227 g/mol. The first-order valence-corrected chi connectivity index (χ1v) is 5.91. The second-order valence-corrected chi connectivity index (χ2v) is 5.46. The first-order chi connectivity index (χ1) is 7.07. The summed E-state index contributed by atoms with van der Waals surface area (Å²) in [5.74, 6) is 0. The molecule has 1 aliphatic rings. The molecule has 0 radical (unpaired) electrons. The molecule has 15 heavy (non-hydrogen) atoms. The van der Waals surface area contributed by atoms with Crippen molar-refractivity contribution in [3.05, 3.63) is 11.1 Å². The molecule has 1 saturated carbocycles. The molecule has 2 rings (SSSR count). The molecule has 0 saturated heterocycles. The second kappa shape index (κ2) is 3.73. The number of aliphatic hydroxyl groups excluding tert-OH is 1. The molecule has 0 spiro atoms. The van der Waals surface area contributed by atoms with E-state index >= 15 is 0 Å². The fourth-order valence-electron chi connectivity index (χ4n) is 2.03. The van der Waals surface area contributed by atoms with Crippen molar-refractivity contribution < 1.29 is 5.11 Å². The Kier molecular flexibility index (Phi) is 2.70. The standard InChI is InChI=1S/C10H17N3OS/c1-13(2)9-12-5-8(15-9)10(6-11)3-7(14)4-10/h5,7,14H,3-4,6,11H2,1-2H3. The van der Waals surface area contributed by atoms with Crippen molar-refractivity contribution in [2.75, 3.05) is 25.5 Å². The van der Waals surface area contributed by atoms with Gasteiger partial charge in [-0.25, -0.2) is 4.98 Å². The topological polar surface area (TPSA) is 62.4 Å². The molecule has 5 heteroatoms. The zero-order chi connectivity index (χ0) is 11.1. The second-order valence-electron chi connectivity index (χ2n) is 4.45. The summed E-state index contributed by atoms with van der Waals surface area (Å²) in [5.41, 5.74) is 5.79. The van der Waals surface area contributed by atoms with Gasteiger partial charge in [-0.3, -0.25) is 0 Å². The van der Waals surface area contributed by atoms with E-state index in [-0.39, 0.29) is 11.5 Å². The van der Waals surface area contributed by atoms with Crippen molar-refractivity contribution in [2.45, 2.75) is 24.4 Å². The molecule has 0 atom stereocenters. The van der Waals surface area contributed by atoms with E-state index in [2.05, 4.69) is 4.98 Å². The molecule has 0 aromatic carbocycles. The van der Waals surface area contributed by atoms with E-state index in [1.54, 1.807) is 11.3 Å². The Hall–Kier alpha value is -0.650. The van der Waals surface area contributed by atoms with Gasteiger partial charge in [-0.1, -0.05) is 0 Å². The molecule has 1 heterocycles. The molecule has 3 N–H and O–H groups in total. The molecule has 1 aromatic rings. The highest BCUT2D eigenvalue weighted by atomic mass is 32.1. The van der Waals surface area contributed by atoms with Crippen molar-refractivity contribution in [1.82, 2.24) is 4.98 Å². The van der Waals surface area contributed by atoms with Gasteiger partial charge >= 0.3 is 0 Å². The van der Waals surface area contributed by atoms with Crippen LogP contribution in [0.25, 0.3) is 0 Å². The van der Waals surface area contributed by atoms with Gasteiger partial charge in [0.15, 0.2) is 5.13 Å². The number of aliphatic hydroxyl groups is 1. The molecular formula is C10H17N3OS. The lowest BCUT2D eigenvalue weighted by molar-refractivity contribution is 0.0238. The summed E-state index contributed by atoms with van der Waals surface area (Å²) in [7, 11) is 3.96. The number of nitrogens with two attached hydrogens (primary N) is 1. The fraction of sp³-hybridized carbons (Fsp3) is 0.700. The van der Waals surface area contributed by atoms with Crippen LogP contribution >= 0.6 is 11.3 Å². The monoisotopic (exact) mass is 227 g/mol. The van der Waals surface area contributed by atoms with Crippen LogP contribution in [-0.4, -0.2) is 36.8 Å². The Morgan fingerprint density at radius 3 is 2.73 bits per heavy atom. The number of nitrogens with zero attached hydrogens (tertiary/aromatic N) is 2. The van der Waals surface area contributed by atoms with Crippen molar-refractivity contribution in [1.29, 1.82) is 0 Å². The summed E-state index contributed by atoms with van der Waals surface area (Å²) < 4.78 is 0. The Labute approximate surface area is 93.7 Å². The summed E-state index contributed by atoms with van der Waals surface area (Å²) in [6, 6.07) is 0. The quantitative estimate of drug-likeness (QED) is 0.792. The first-order valence-electron chi connectivity index (χ1n) is 5.09. The van der Waals surface area contributed by atoms with E-state index < -0.39 is 0 Å². The van der Waals surface area contributed by atoms with Crippen LogP contribution in [0.15, 0.2) is 6.20 Å². The van der Waals surface area contributed by atoms with Crippen molar-refractivity contribution in [3.63, 3.8) is 0 Å². The molecule has 84 valence electrons. The van der Waals surface area contributed by atoms with Gasteiger partial charge in [-0.2, -0.15) is 0 Å². The van der Waals surface area contributed by atoms with Crippen molar-refractivity contribution in [2.24, 2.45) is 5.73 Å². The lowest BCUT2D eigenvalue weighted by atomic mass is 9.66. The zero-order valence-corrected chi connectivity index (χ0v) is 9.92. The molecule has 1 fully saturated rings. The van der Waals surface area contributed by atoms with Gasteiger partial charge in [0, 0.05) is 37.1 Å². The molecule has 1 aromatic heterocycles. The Balaban J connectivity index is 2.21. The van der Waals surface area contributed by atoms with Crippen LogP contribution in [0.4, 0.5) is 5.13 Å². The van der Waals surface area contributed by atoms with Gasteiger partial charge in [0.1, 0.15) is 0 Å². The highest BCUT2D eigenvalue weighted by Gasteiger charge is 2.45. The smallest absolute Gasteiger partial charge is 0.184 e. The minimum atomic E-state index is -0.182. The number of rotatable bonds is 3. The summed E-state index contributed by atoms with van der Waals surface area (Å²) in [6.45, 7) is 0.596. The van der Waals surface area contributed by atoms with Gasteiger partial charge in [0.25, 0.3) is 0 Å². The van der Waals surface area contributed by atoms with E-state index in [1.807, 2.05) is 25.2 Å². The van der Waals surface area contributed by atoms with Crippen LogP contribution in [0.5, 0.6) is 0 Å². The van der Waals surface area contributed by atoms with Crippen LogP contribution in [0, 0.1) is 0 Å². The number of thiazole rings is 1. The van der Waals surface area contributed by atoms with E-state index in [1.165, 1.54) is 4.88 Å². The number of aromatic nitrogens is 1. The molecule has 0 unspecified atom stereocenters. The maximum atomic E-state index is 9.41. The third kappa shape index (κ3) is 1.75. The van der Waals surface area contributed by atoms with Crippen molar-refractivity contribution in [3.8, 4) is 0 Å². The number of hydrogen-bond donors (Lipinski definition) is 2. The highest BCUT2D eigenvalue weighted by molar-refractivity contribution is 7.15. The molecule has 0 aliphatic heterocycles. The Morgan fingerprint density at radius 2 is 2.33 bits per heavy atom. The van der Waals surface area contributed by atoms with Gasteiger partial charge in [0.05, 0.1) is 6.10 Å². The lowest BCUT2D eigenvalue weighted by Gasteiger charge is -2.43. The van der Waals surface area contributed by atoms with Gasteiger partial charge in [-0.15, -0.1) is 11.3 Å². The molecule has 0 bridgehead atoms. The Morgan fingerprint density at radius 1 is 1.67 bits per heavy atom. The van der Waals surface area contributed by atoms with E-state index in [4.69, 9.17) is 5.73 Å². The Bertz CT molecular complexity index is 344. The largest absolute Gasteiger partial charge is 0.393 e.